The number of nitrogens with zero attached hydrogens (tertiary/aromatic N) is 1. The maximum atomic E-state index is 13.6. The first-order chi connectivity index (χ1) is 11.1. The van der Waals surface area contributed by atoms with E-state index in [1.54, 1.807) is 20.2 Å². The van der Waals surface area contributed by atoms with Crippen LogP contribution in [0.25, 0.3) is 6.08 Å². The van der Waals surface area contributed by atoms with Gasteiger partial charge in [0.15, 0.2) is 0 Å². The summed E-state index contributed by atoms with van der Waals surface area (Å²) < 4.78 is 54.1. The zero-order valence-corrected chi connectivity index (χ0v) is 13.2. The van der Waals surface area contributed by atoms with Gasteiger partial charge in [-0.15, -0.1) is 0 Å². The molecule has 0 aliphatic rings. The second-order valence-corrected chi connectivity index (χ2v) is 5.56. The van der Waals surface area contributed by atoms with E-state index in [1.807, 2.05) is 0 Å². The zero-order valence-electron chi connectivity index (χ0n) is 13.2. The standard InChI is InChI=1S/C18H17F4NO/c1-23(2)16-9-4-3-8-15(16)17(24,18(20,21)22)11-10-13-6-5-7-14(19)12-13/h3-12,24H,1-2H3. The van der Waals surface area contributed by atoms with Gasteiger partial charge in [-0.25, -0.2) is 4.39 Å². The molecular weight excluding hydrogens is 322 g/mol. The average molecular weight is 339 g/mol. The molecule has 0 saturated carbocycles. The molecule has 0 aliphatic heterocycles. The molecule has 2 nitrogen and oxygen atoms in total. The molecule has 0 heterocycles. The van der Waals surface area contributed by atoms with Crippen molar-refractivity contribution in [3.8, 4) is 0 Å². The molecule has 0 saturated heterocycles. The monoisotopic (exact) mass is 339 g/mol. The minimum absolute atomic E-state index is 0.222. The molecule has 1 unspecified atom stereocenters. The summed E-state index contributed by atoms with van der Waals surface area (Å²) in [5, 5.41) is 10.4. The first kappa shape index (κ1) is 18.0. The third kappa shape index (κ3) is 3.59. The van der Waals surface area contributed by atoms with Crippen molar-refractivity contribution in [1.29, 1.82) is 0 Å². The van der Waals surface area contributed by atoms with Crippen LogP contribution in [0, 0.1) is 5.82 Å². The van der Waals surface area contributed by atoms with Gasteiger partial charge in [0.1, 0.15) is 5.82 Å². The smallest absolute Gasteiger partial charge is 0.377 e. The lowest BCUT2D eigenvalue weighted by Crippen LogP contribution is -2.41. The van der Waals surface area contributed by atoms with Crippen molar-refractivity contribution in [2.75, 3.05) is 19.0 Å². The number of rotatable bonds is 4. The highest BCUT2D eigenvalue weighted by Crippen LogP contribution is 2.43. The zero-order chi connectivity index (χ0) is 18.0. The van der Waals surface area contributed by atoms with E-state index >= 15 is 0 Å². The Morgan fingerprint density at radius 2 is 1.67 bits per heavy atom. The van der Waals surface area contributed by atoms with E-state index in [0.29, 0.717) is 6.08 Å². The van der Waals surface area contributed by atoms with E-state index in [9.17, 15) is 22.7 Å². The Labute approximate surface area is 137 Å². The SMILES string of the molecule is CN(C)c1ccccc1C(O)(C=Cc1cccc(F)c1)C(F)(F)F. The fraction of sp³-hybridized carbons (Fsp3) is 0.222. The number of benzene rings is 2. The molecule has 2 aromatic rings. The van der Waals surface area contributed by atoms with Crippen molar-refractivity contribution in [2.45, 2.75) is 11.8 Å². The summed E-state index contributed by atoms with van der Waals surface area (Å²) in [5.74, 6) is -0.568. The van der Waals surface area contributed by atoms with E-state index in [0.717, 1.165) is 12.1 Å². The lowest BCUT2D eigenvalue weighted by Gasteiger charge is -2.31. The molecule has 24 heavy (non-hydrogen) atoms. The Bertz CT molecular complexity index is 740. The number of halogens is 4. The minimum Gasteiger partial charge on any atom is -0.377 e. The van der Waals surface area contributed by atoms with Crippen molar-refractivity contribution >= 4 is 11.8 Å². The third-order valence-corrected chi connectivity index (χ3v) is 3.59. The maximum absolute atomic E-state index is 13.6. The Kier molecular flexibility index (Phi) is 4.99. The topological polar surface area (TPSA) is 23.5 Å². The average Bonchev–Trinajstić information content (AvgIpc) is 2.51. The summed E-state index contributed by atoms with van der Waals surface area (Å²) in [5.41, 5.74) is -3.03. The molecule has 0 spiro atoms. The Balaban J connectivity index is 2.56. The van der Waals surface area contributed by atoms with Gasteiger partial charge in [0, 0.05) is 25.3 Å². The van der Waals surface area contributed by atoms with Gasteiger partial charge < -0.3 is 10.0 Å². The number of anilines is 1. The molecular formula is C18H17F4NO. The van der Waals surface area contributed by atoms with Gasteiger partial charge in [-0.3, -0.25) is 0 Å². The molecule has 1 N–H and O–H groups in total. The predicted molar refractivity (Wildman–Crippen MR) is 86.2 cm³/mol. The van der Waals surface area contributed by atoms with Gasteiger partial charge in [0.05, 0.1) is 0 Å². The van der Waals surface area contributed by atoms with E-state index in [4.69, 9.17) is 0 Å². The molecule has 0 fully saturated rings. The largest absolute Gasteiger partial charge is 0.425 e. The highest BCUT2D eigenvalue weighted by molar-refractivity contribution is 5.60. The second-order valence-electron chi connectivity index (χ2n) is 5.56. The highest BCUT2D eigenvalue weighted by atomic mass is 19.4. The van der Waals surface area contributed by atoms with Crippen LogP contribution in [-0.2, 0) is 5.60 Å². The lowest BCUT2D eigenvalue weighted by atomic mass is 9.90. The third-order valence-electron chi connectivity index (χ3n) is 3.59. The molecule has 0 radical (unpaired) electrons. The van der Waals surface area contributed by atoms with Crippen LogP contribution in [0.4, 0.5) is 23.2 Å². The van der Waals surface area contributed by atoms with Gasteiger partial charge in [-0.1, -0.05) is 36.4 Å². The molecule has 0 amide bonds. The van der Waals surface area contributed by atoms with Gasteiger partial charge in [0.2, 0.25) is 5.60 Å². The number of para-hydroxylation sites is 1. The summed E-state index contributed by atoms with van der Waals surface area (Å²) >= 11 is 0. The quantitative estimate of drug-likeness (QED) is 0.837. The van der Waals surface area contributed by atoms with Crippen LogP contribution in [0.5, 0.6) is 0 Å². The molecule has 0 bridgehead atoms. The number of aliphatic hydroxyl groups is 1. The molecule has 2 aromatic carbocycles. The Morgan fingerprint density at radius 3 is 2.25 bits per heavy atom. The first-order valence-corrected chi connectivity index (χ1v) is 7.16. The Morgan fingerprint density at radius 1 is 1.00 bits per heavy atom. The summed E-state index contributed by atoms with van der Waals surface area (Å²) in [7, 11) is 3.18. The van der Waals surface area contributed by atoms with Crippen LogP contribution in [0.3, 0.4) is 0 Å². The molecule has 128 valence electrons. The fourth-order valence-corrected chi connectivity index (χ4v) is 2.35. The summed E-state index contributed by atoms with van der Waals surface area (Å²) in [6.07, 6.45) is -3.24. The lowest BCUT2D eigenvalue weighted by molar-refractivity contribution is -0.244. The summed E-state index contributed by atoms with van der Waals surface area (Å²) in [6, 6.07) is 10.8. The predicted octanol–water partition coefficient (Wildman–Crippen LogP) is 4.36. The summed E-state index contributed by atoms with van der Waals surface area (Å²) in [4.78, 5) is 1.49. The minimum atomic E-state index is -4.94. The van der Waals surface area contributed by atoms with Crippen LogP contribution < -0.4 is 4.90 Å². The Hall–Kier alpha value is -2.34. The van der Waals surface area contributed by atoms with E-state index in [2.05, 4.69) is 0 Å². The number of hydrogen-bond acceptors (Lipinski definition) is 2. The first-order valence-electron chi connectivity index (χ1n) is 7.16. The van der Waals surface area contributed by atoms with Gasteiger partial charge in [0.25, 0.3) is 0 Å². The van der Waals surface area contributed by atoms with E-state index < -0.39 is 17.6 Å². The van der Waals surface area contributed by atoms with Crippen LogP contribution in [-0.4, -0.2) is 25.4 Å². The number of hydrogen-bond donors (Lipinski definition) is 1. The van der Waals surface area contributed by atoms with Crippen LogP contribution >= 0.6 is 0 Å². The second kappa shape index (κ2) is 6.65. The molecule has 0 aromatic heterocycles. The van der Waals surface area contributed by atoms with Crippen molar-refractivity contribution in [3.63, 3.8) is 0 Å². The van der Waals surface area contributed by atoms with Crippen molar-refractivity contribution in [2.24, 2.45) is 0 Å². The molecule has 0 aliphatic carbocycles. The normalized spacial score (nSPS) is 14.6. The fourth-order valence-electron chi connectivity index (χ4n) is 2.35. The summed E-state index contributed by atoms with van der Waals surface area (Å²) in [6.45, 7) is 0. The maximum Gasteiger partial charge on any atom is 0.425 e. The molecule has 2 rings (SSSR count). The van der Waals surface area contributed by atoms with E-state index in [-0.39, 0.29) is 16.8 Å². The van der Waals surface area contributed by atoms with Crippen LogP contribution in [0.1, 0.15) is 11.1 Å². The molecule has 1 atom stereocenters. The van der Waals surface area contributed by atoms with Crippen molar-refractivity contribution in [3.05, 3.63) is 71.6 Å². The molecule has 6 heteroatoms. The van der Waals surface area contributed by atoms with Gasteiger partial charge >= 0.3 is 6.18 Å². The van der Waals surface area contributed by atoms with Gasteiger partial charge in [-0.2, -0.15) is 13.2 Å². The van der Waals surface area contributed by atoms with Gasteiger partial charge in [-0.05, 0) is 29.8 Å². The number of alkyl halides is 3. The van der Waals surface area contributed by atoms with E-state index in [1.165, 1.54) is 41.3 Å². The highest BCUT2D eigenvalue weighted by Gasteiger charge is 2.54. The van der Waals surface area contributed by atoms with Crippen molar-refractivity contribution < 1.29 is 22.7 Å². The van der Waals surface area contributed by atoms with Crippen LogP contribution in [0.15, 0.2) is 54.6 Å². The van der Waals surface area contributed by atoms with Crippen molar-refractivity contribution in [1.82, 2.24) is 0 Å². The van der Waals surface area contributed by atoms with Crippen LogP contribution in [0.2, 0.25) is 0 Å².